The van der Waals surface area contributed by atoms with Crippen LogP contribution >= 0.6 is 11.3 Å². The summed E-state index contributed by atoms with van der Waals surface area (Å²) in [5.74, 6) is 1.12. The zero-order valence-corrected chi connectivity index (χ0v) is 11.7. The molecule has 20 heavy (non-hydrogen) atoms. The second-order valence-corrected chi connectivity index (χ2v) is 5.51. The molecule has 1 atom stereocenters. The molecule has 0 spiro atoms. The van der Waals surface area contributed by atoms with E-state index in [-0.39, 0.29) is 6.04 Å². The SMILES string of the molecule is NC(CCc1ccccc1)c1nc(-c2cccs2)no1. The standard InChI is InChI=1S/C15H15N3OS/c16-12(9-8-11-5-2-1-3-6-11)15-17-14(18-19-15)13-7-4-10-20-13/h1-7,10,12H,8-9,16H2. The molecule has 0 fully saturated rings. The smallest absolute Gasteiger partial charge is 0.243 e. The fourth-order valence-electron chi connectivity index (χ4n) is 1.98. The zero-order valence-electron chi connectivity index (χ0n) is 10.9. The number of thiophene rings is 1. The fraction of sp³-hybridized carbons (Fsp3) is 0.200. The van der Waals surface area contributed by atoms with Crippen LogP contribution in [0, 0.1) is 0 Å². The van der Waals surface area contributed by atoms with Gasteiger partial charge in [0.25, 0.3) is 0 Å². The van der Waals surface area contributed by atoms with Crippen molar-refractivity contribution < 1.29 is 4.52 Å². The molecule has 5 heteroatoms. The number of aryl methyl sites for hydroxylation is 1. The Kier molecular flexibility index (Phi) is 3.90. The van der Waals surface area contributed by atoms with Crippen molar-refractivity contribution >= 4 is 11.3 Å². The third-order valence-electron chi connectivity index (χ3n) is 3.09. The van der Waals surface area contributed by atoms with E-state index in [0.717, 1.165) is 17.7 Å². The topological polar surface area (TPSA) is 64.9 Å². The van der Waals surface area contributed by atoms with Crippen LogP contribution < -0.4 is 5.73 Å². The summed E-state index contributed by atoms with van der Waals surface area (Å²) >= 11 is 1.59. The summed E-state index contributed by atoms with van der Waals surface area (Å²) in [6.45, 7) is 0. The molecule has 4 nitrogen and oxygen atoms in total. The molecule has 1 aromatic carbocycles. The van der Waals surface area contributed by atoms with Gasteiger partial charge in [0.05, 0.1) is 10.9 Å². The van der Waals surface area contributed by atoms with Crippen molar-refractivity contribution in [2.75, 3.05) is 0 Å². The summed E-state index contributed by atoms with van der Waals surface area (Å²) in [7, 11) is 0. The Bertz CT molecular complexity index is 649. The van der Waals surface area contributed by atoms with Gasteiger partial charge in [-0.2, -0.15) is 4.98 Å². The van der Waals surface area contributed by atoms with Crippen LogP contribution in [-0.2, 0) is 6.42 Å². The maximum atomic E-state index is 6.12. The molecule has 0 saturated carbocycles. The Balaban J connectivity index is 1.64. The van der Waals surface area contributed by atoms with Crippen LogP contribution in [0.25, 0.3) is 10.7 Å². The summed E-state index contributed by atoms with van der Waals surface area (Å²) in [6.07, 6.45) is 1.69. The van der Waals surface area contributed by atoms with Crippen molar-refractivity contribution in [1.82, 2.24) is 10.1 Å². The van der Waals surface area contributed by atoms with Crippen LogP contribution in [0.4, 0.5) is 0 Å². The number of aromatic nitrogens is 2. The molecule has 0 radical (unpaired) electrons. The lowest BCUT2D eigenvalue weighted by atomic mass is 10.1. The van der Waals surface area contributed by atoms with Crippen molar-refractivity contribution in [3.05, 3.63) is 59.3 Å². The third-order valence-corrected chi connectivity index (χ3v) is 3.95. The highest BCUT2D eigenvalue weighted by Crippen LogP contribution is 2.23. The first-order valence-corrected chi connectivity index (χ1v) is 7.38. The van der Waals surface area contributed by atoms with Gasteiger partial charge < -0.3 is 10.3 Å². The lowest BCUT2D eigenvalue weighted by Gasteiger charge is -2.06. The average Bonchev–Trinajstić information content (AvgIpc) is 3.16. The molecule has 3 aromatic rings. The maximum absolute atomic E-state index is 6.12. The van der Waals surface area contributed by atoms with Crippen LogP contribution in [0.5, 0.6) is 0 Å². The molecule has 0 saturated heterocycles. The van der Waals surface area contributed by atoms with Gasteiger partial charge in [0.2, 0.25) is 11.7 Å². The van der Waals surface area contributed by atoms with Crippen LogP contribution in [0.2, 0.25) is 0 Å². The van der Waals surface area contributed by atoms with Gasteiger partial charge in [0.15, 0.2) is 0 Å². The van der Waals surface area contributed by atoms with E-state index in [2.05, 4.69) is 22.3 Å². The molecule has 2 N–H and O–H groups in total. The van der Waals surface area contributed by atoms with E-state index in [9.17, 15) is 0 Å². The molecular weight excluding hydrogens is 270 g/mol. The first kappa shape index (κ1) is 13.0. The van der Waals surface area contributed by atoms with E-state index >= 15 is 0 Å². The van der Waals surface area contributed by atoms with Crippen molar-refractivity contribution in [1.29, 1.82) is 0 Å². The monoisotopic (exact) mass is 285 g/mol. The Hall–Kier alpha value is -1.98. The molecule has 0 amide bonds. The molecule has 102 valence electrons. The summed E-state index contributed by atoms with van der Waals surface area (Å²) in [5, 5.41) is 5.97. The second-order valence-electron chi connectivity index (χ2n) is 4.56. The van der Waals surface area contributed by atoms with E-state index in [0.29, 0.717) is 11.7 Å². The van der Waals surface area contributed by atoms with Gasteiger partial charge in [-0.25, -0.2) is 0 Å². The van der Waals surface area contributed by atoms with E-state index < -0.39 is 0 Å². The largest absolute Gasteiger partial charge is 0.337 e. The predicted molar refractivity (Wildman–Crippen MR) is 79.3 cm³/mol. The normalized spacial score (nSPS) is 12.4. The summed E-state index contributed by atoms with van der Waals surface area (Å²) < 4.78 is 5.26. The minimum absolute atomic E-state index is 0.226. The number of benzene rings is 1. The Labute approximate surface area is 121 Å². The van der Waals surface area contributed by atoms with Crippen LogP contribution in [0.3, 0.4) is 0 Å². The summed E-state index contributed by atoms with van der Waals surface area (Å²) in [5.41, 5.74) is 7.38. The molecule has 2 heterocycles. The fourth-order valence-corrected chi connectivity index (χ4v) is 2.63. The third kappa shape index (κ3) is 2.95. The molecule has 0 bridgehead atoms. The Morgan fingerprint density at radius 1 is 1.15 bits per heavy atom. The number of nitrogens with two attached hydrogens (primary N) is 1. The van der Waals surface area contributed by atoms with Crippen molar-refractivity contribution in [2.24, 2.45) is 5.73 Å². The molecule has 2 aromatic heterocycles. The van der Waals surface area contributed by atoms with Crippen LogP contribution in [-0.4, -0.2) is 10.1 Å². The second kappa shape index (κ2) is 5.98. The van der Waals surface area contributed by atoms with Gasteiger partial charge in [-0.1, -0.05) is 41.6 Å². The lowest BCUT2D eigenvalue weighted by molar-refractivity contribution is 0.349. The number of hydrogen-bond donors (Lipinski definition) is 1. The summed E-state index contributed by atoms with van der Waals surface area (Å²) in [4.78, 5) is 5.37. The van der Waals surface area contributed by atoms with Crippen LogP contribution in [0.15, 0.2) is 52.4 Å². The quantitative estimate of drug-likeness (QED) is 0.780. The van der Waals surface area contributed by atoms with Crippen molar-refractivity contribution in [3.63, 3.8) is 0 Å². The zero-order chi connectivity index (χ0) is 13.8. The highest BCUT2D eigenvalue weighted by atomic mass is 32.1. The molecule has 0 aliphatic carbocycles. The van der Waals surface area contributed by atoms with Crippen molar-refractivity contribution in [2.45, 2.75) is 18.9 Å². The maximum Gasteiger partial charge on any atom is 0.243 e. The molecule has 0 aliphatic rings. The van der Waals surface area contributed by atoms with Gasteiger partial charge in [0, 0.05) is 0 Å². The van der Waals surface area contributed by atoms with E-state index in [4.69, 9.17) is 10.3 Å². The highest BCUT2D eigenvalue weighted by molar-refractivity contribution is 7.13. The van der Waals surface area contributed by atoms with Gasteiger partial charge in [-0.05, 0) is 29.9 Å². The molecule has 0 aliphatic heterocycles. The highest BCUT2D eigenvalue weighted by Gasteiger charge is 2.16. The van der Waals surface area contributed by atoms with E-state index in [1.807, 2.05) is 35.7 Å². The van der Waals surface area contributed by atoms with E-state index in [1.54, 1.807) is 11.3 Å². The molecule has 3 rings (SSSR count). The number of hydrogen-bond acceptors (Lipinski definition) is 5. The van der Waals surface area contributed by atoms with Gasteiger partial charge in [-0.3, -0.25) is 0 Å². The first-order valence-electron chi connectivity index (χ1n) is 6.50. The van der Waals surface area contributed by atoms with Gasteiger partial charge in [0.1, 0.15) is 0 Å². The van der Waals surface area contributed by atoms with Gasteiger partial charge >= 0.3 is 0 Å². The molecular formula is C15H15N3OS. The first-order chi connectivity index (χ1) is 9.83. The molecule has 1 unspecified atom stereocenters. The minimum Gasteiger partial charge on any atom is -0.337 e. The minimum atomic E-state index is -0.226. The number of rotatable bonds is 5. The van der Waals surface area contributed by atoms with Crippen LogP contribution in [0.1, 0.15) is 23.9 Å². The Morgan fingerprint density at radius 2 is 2.00 bits per heavy atom. The average molecular weight is 285 g/mol. The lowest BCUT2D eigenvalue weighted by Crippen LogP contribution is -2.11. The predicted octanol–water partition coefficient (Wildman–Crippen LogP) is 3.43. The summed E-state index contributed by atoms with van der Waals surface area (Å²) in [6, 6.07) is 14.0. The van der Waals surface area contributed by atoms with E-state index in [1.165, 1.54) is 5.56 Å². The number of nitrogens with zero attached hydrogens (tertiary/aromatic N) is 2. The van der Waals surface area contributed by atoms with Crippen molar-refractivity contribution in [3.8, 4) is 10.7 Å². The van der Waals surface area contributed by atoms with Gasteiger partial charge in [-0.15, -0.1) is 11.3 Å². The Morgan fingerprint density at radius 3 is 2.75 bits per heavy atom.